The van der Waals surface area contributed by atoms with Crippen LogP contribution in [0.3, 0.4) is 0 Å². The Bertz CT molecular complexity index is 1650. The molecule has 1 fully saturated rings. The normalized spacial score (nSPS) is 13.1. The van der Waals surface area contributed by atoms with E-state index in [1.807, 2.05) is 30.3 Å². The minimum Gasteiger partial charge on any atom is -0.467 e. The second kappa shape index (κ2) is 12.9. The Morgan fingerprint density at radius 2 is 1.44 bits per heavy atom. The van der Waals surface area contributed by atoms with Crippen molar-refractivity contribution < 1.29 is 14.0 Å². The molecule has 8 nitrogen and oxygen atoms in total. The zero-order valence-corrected chi connectivity index (χ0v) is 24.2. The molecule has 0 radical (unpaired) electrons. The number of piperazine rings is 1. The molecule has 9 heteroatoms. The predicted octanol–water partition coefficient (Wildman–Crippen LogP) is 6.05. The first kappa shape index (κ1) is 28.2. The lowest BCUT2D eigenvalue weighted by atomic mass is 10.0. The van der Waals surface area contributed by atoms with Crippen molar-refractivity contribution in [3.8, 4) is 22.4 Å². The smallest absolute Gasteiger partial charge is 0.254 e. The number of rotatable bonds is 8. The fourth-order valence-electron chi connectivity index (χ4n) is 5.13. The highest BCUT2D eigenvalue weighted by molar-refractivity contribution is 6.30. The van der Waals surface area contributed by atoms with Gasteiger partial charge in [0.1, 0.15) is 12.3 Å². The van der Waals surface area contributed by atoms with Gasteiger partial charge in [0, 0.05) is 42.3 Å². The number of benzene rings is 3. The third kappa shape index (κ3) is 6.76. The van der Waals surface area contributed by atoms with Crippen molar-refractivity contribution in [1.29, 1.82) is 0 Å². The Labute approximate surface area is 255 Å². The van der Waals surface area contributed by atoms with Gasteiger partial charge in [0.15, 0.2) is 5.82 Å². The van der Waals surface area contributed by atoms with E-state index in [2.05, 4.69) is 51.5 Å². The van der Waals surface area contributed by atoms with Crippen LogP contribution in [0.15, 0.2) is 114 Å². The van der Waals surface area contributed by atoms with Crippen LogP contribution in [0.1, 0.15) is 16.1 Å². The molecule has 0 aliphatic carbocycles. The molecule has 0 atom stereocenters. The standard InChI is InChI=1S/C34H30ClN5O3/c35-29-14-12-28(13-15-29)34(42)40(23-30-7-4-22-43-30)24-33(41)39-20-18-38(19-21-39)32-17-16-31(36-37-32)27-10-8-26(9-11-27)25-5-2-1-3-6-25/h1-17,22H,18-21,23-24H2. The molecule has 216 valence electrons. The van der Waals surface area contributed by atoms with Gasteiger partial charge in [-0.25, -0.2) is 0 Å². The summed E-state index contributed by atoms with van der Waals surface area (Å²) in [5.41, 5.74) is 4.59. The topological polar surface area (TPSA) is 82.8 Å². The first-order valence-corrected chi connectivity index (χ1v) is 14.5. The maximum Gasteiger partial charge on any atom is 0.254 e. The Morgan fingerprint density at radius 1 is 0.744 bits per heavy atom. The molecule has 2 amide bonds. The van der Waals surface area contributed by atoms with Crippen molar-refractivity contribution in [3.05, 3.63) is 126 Å². The lowest BCUT2D eigenvalue weighted by Crippen LogP contribution is -2.52. The Kier molecular flexibility index (Phi) is 8.47. The fraction of sp³-hybridized carbons (Fsp3) is 0.176. The monoisotopic (exact) mass is 591 g/mol. The van der Waals surface area contributed by atoms with Crippen LogP contribution in [-0.4, -0.2) is 64.5 Å². The highest BCUT2D eigenvalue weighted by Gasteiger charge is 2.26. The van der Waals surface area contributed by atoms with Crippen LogP contribution in [0.4, 0.5) is 5.82 Å². The van der Waals surface area contributed by atoms with Gasteiger partial charge < -0.3 is 19.1 Å². The molecule has 6 rings (SSSR count). The number of anilines is 1. The first-order chi connectivity index (χ1) is 21.0. The summed E-state index contributed by atoms with van der Waals surface area (Å²) in [6.07, 6.45) is 1.55. The molecule has 1 aliphatic heterocycles. The number of aromatic nitrogens is 2. The van der Waals surface area contributed by atoms with E-state index in [0.717, 1.165) is 22.6 Å². The van der Waals surface area contributed by atoms with E-state index in [9.17, 15) is 9.59 Å². The molecule has 0 unspecified atom stereocenters. The van der Waals surface area contributed by atoms with Gasteiger partial charge in [-0.05, 0) is 59.7 Å². The maximum absolute atomic E-state index is 13.3. The summed E-state index contributed by atoms with van der Waals surface area (Å²) < 4.78 is 5.46. The number of hydrogen-bond donors (Lipinski definition) is 0. The molecule has 0 bridgehead atoms. The van der Waals surface area contributed by atoms with Gasteiger partial charge in [0.25, 0.3) is 5.91 Å². The van der Waals surface area contributed by atoms with Crippen molar-refractivity contribution >= 4 is 29.2 Å². The van der Waals surface area contributed by atoms with Crippen molar-refractivity contribution in [2.24, 2.45) is 0 Å². The van der Waals surface area contributed by atoms with E-state index in [1.165, 1.54) is 10.5 Å². The van der Waals surface area contributed by atoms with Crippen LogP contribution in [-0.2, 0) is 11.3 Å². The van der Waals surface area contributed by atoms with Crippen LogP contribution in [0.25, 0.3) is 22.4 Å². The number of hydrogen-bond acceptors (Lipinski definition) is 6. The van der Waals surface area contributed by atoms with E-state index >= 15 is 0 Å². The largest absolute Gasteiger partial charge is 0.467 e. The Balaban J connectivity index is 1.06. The summed E-state index contributed by atoms with van der Waals surface area (Å²) in [7, 11) is 0. The van der Waals surface area contributed by atoms with Crippen molar-refractivity contribution in [3.63, 3.8) is 0 Å². The molecule has 0 N–H and O–H groups in total. The third-order valence-electron chi connectivity index (χ3n) is 7.53. The zero-order valence-electron chi connectivity index (χ0n) is 23.5. The lowest BCUT2D eigenvalue weighted by molar-refractivity contribution is -0.132. The molecule has 0 spiro atoms. The van der Waals surface area contributed by atoms with Gasteiger partial charge in [-0.2, -0.15) is 0 Å². The molecule has 0 saturated carbocycles. The average molecular weight is 592 g/mol. The number of halogens is 1. The molecule has 2 aromatic heterocycles. The van der Waals surface area contributed by atoms with Crippen LogP contribution < -0.4 is 4.90 Å². The summed E-state index contributed by atoms with van der Waals surface area (Å²) in [6, 6.07) is 32.7. The van der Waals surface area contributed by atoms with E-state index < -0.39 is 0 Å². The van der Waals surface area contributed by atoms with Crippen molar-refractivity contribution in [2.45, 2.75) is 6.54 Å². The van der Waals surface area contributed by atoms with E-state index in [-0.39, 0.29) is 24.9 Å². The summed E-state index contributed by atoms with van der Waals surface area (Å²) in [5.74, 6) is 1.00. The highest BCUT2D eigenvalue weighted by atomic mass is 35.5. The number of nitrogens with zero attached hydrogens (tertiary/aromatic N) is 5. The van der Waals surface area contributed by atoms with Crippen LogP contribution in [0.2, 0.25) is 5.02 Å². The fourth-order valence-corrected chi connectivity index (χ4v) is 5.25. The molecule has 1 aliphatic rings. The Morgan fingerprint density at radius 3 is 2.09 bits per heavy atom. The molecule has 3 heterocycles. The summed E-state index contributed by atoms with van der Waals surface area (Å²) >= 11 is 6.00. The van der Waals surface area contributed by atoms with Gasteiger partial charge in [-0.3, -0.25) is 9.59 Å². The van der Waals surface area contributed by atoms with E-state index in [0.29, 0.717) is 42.5 Å². The third-order valence-corrected chi connectivity index (χ3v) is 7.78. The molecule has 5 aromatic rings. The van der Waals surface area contributed by atoms with Crippen LogP contribution in [0, 0.1) is 0 Å². The maximum atomic E-state index is 13.3. The molecular weight excluding hydrogens is 562 g/mol. The van der Waals surface area contributed by atoms with E-state index in [4.69, 9.17) is 16.0 Å². The first-order valence-electron chi connectivity index (χ1n) is 14.1. The van der Waals surface area contributed by atoms with Crippen LogP contribution in [0.5, 0.6) is 0 Å². The van der Waals surface area contributed by atoms with Gasteiger partial charge >= 0.3 is 0 Å². The van der Waals surface area contributed by atoms with Gasteiger partial charge in [0.2, 0.25) is 5.91 Å². The SMILES string of the molecule is O=C(CN(Cc1ccco1)C(=O)c1ccc(Cl)cc1)N1CCN(c2ccc(-c3ccc(-c4ccccc4)cc3)nn2)CC1. The van der Waals surface area contributed by atoms with Gasteiger partial charge in [-0.15, -0.1) is 10.2 Å². The van der Waals surface area contributed by atoms with Crippen LogP contribution >= 0.6 is 11.6 Å². The zero-order chi connectivity index (χ0) is 29.6. The van der Waals surface area contributed by atoms with E-state index in [1.54, 1.807) is 47.6 Å². The Hall–Kier alpha value is -4.95. The molecule has 43 heavy (non-hydrogen) atoms. The number of amides is 2. The van der Waals surface area contributed by atoms with Gasteiger partial charge in [-0.1, -0.05) is 66.2 Å². The second-order valence-electron chi connectivity index (χ2n) is 10.3. The number of carbonyl (C=O) groups excluding carboxylic acids is 2. The predicted molar refractivity (Wildman–Crippen MR) is 167 cm³/mol. The molecular formula is C34H30ClN5O3. The average Bonchev–Trinajstić information content (AvgIpc) is 3.58. The van der Waals surface area contributed by atoms with Crippen molar-refractivity contribution in [1.82, 2.24) is 20.0 Å². The highest BCUT2D eigenvalue weighted by Crippen LogP contribution is 2.24. The lowest BCUT2D eigenvalue weighted by Gasteiger charge is -2.36. The summed E-state index contributed by atoms with van der Waals surface area (Å²) in [4.78, 5) is 32.0. The number of furan rings is 1. The van der Waals surface area contributed by atoms with Gasteiger partial charge in [0.05, 0.1) is 18.5 Å². The molecule has 1 saturated heterocycles. The number of carbonyl (C=O) groups is 2. The second-order valence-corrected chi connectivity index (χ2v) is 10.8. The molecule has 3 aromatic carbocycles. The quantitative estimate of drug-likeness (QED) is 0.219. The van der Waals surface area contributed by atoms with Crippen molar-refractivity contribution in [2.75, 3.05) is 37.6 Å². The minimum absolute atomic E-state index is 0.0558. The minimum atomic E-state index is -0.259. The summed E-state index contributed by atoms with van der Waals surface area (Å²) in [5, 5.41) is 9.50. The summed E-state index contributed by atoms with van der Waals surface area (Å²) in [6.45, 7) is 2.42.